The van der Waals surface area contributed by atoms with E-state index >= 15 is 0 Å². The maximum absolute atomic E-state index is 12.6. The number of hydrogen-bond donors (Lipinski definition) is 1. The molecule has 4 nitrogen and oxygen atoms in total. The lowest BCUT2D eigenvalue weighted by molar-refractivity contribution is -0.132. The Balaban J connectivity index is 2.08. The summed E-state index contributed by atoms with van der Waals surface area (Å²) in [5.41, 5.74) is 0.500. The van der Waals surface area contributed by atoms with Gasteiger partial charge >= 0.3 is 6.61 Å². The van der Waals surface area contributed by atoms with E-state index in [9.17, 15) is 13.6 Å². The first-order chi connectivity index (χ1) is 10.6. The Morgan fingerprint density at radius 2 is 2.23 bits per heavy atom. The van der Waals surface area contributed by atoms with Crippen LogP contribution >= 0.6 is 0 Å². The number of carbonyl (C=O) groups is 1. The van der Waals surface area contributed by atoms with Crippen LogP contribution in [0.15, 0.2) is 24.3 Å². The summed E-state index contributed by atoms with van der Waals surface area (Å²) in [5.74, 6) is 0.0349. The lowest BCUT2D eigenvalue weighted by Crippen LogP contribution is -2.42. The molecule has 1 heterocycles. The summed E-state index contributed by atoms with van der Waals surface area (Å²) in [4.78, 5) is 14.4. The van der Waals surface area contributed by atoms with Crippen molar-refractivity contribution in [1.82, 2.24) is 10.2 Å². The normalized spacial score (nSPS) is 17.7. The van der Waals surface area contributed by atoms with Crippen molar-refractivity contribution in [2.24, 2.45) is 0 Å². The van der Waals surface area contributed by atoms with Crippen molar-refractivity contribution >= 4 is 5.91 Å². The number of amides is 1. The van der Waals surface area contributed by atoms with E-state index in [0.29, 0.717) is 12.1 Å². The topological polar surface area (TPSA) is 41.6 Å². The van der Waals surface area contributed by atoms with Crippen LogP contribution in [0.2, 0.25) is 0 Å². The summed E-state index contributed by atoms with van der Waals surface area (Å²) in [6.07, 6.45) is 1.89. The van der Waals surface area contributed by atoms with Crippen LogP contribution in [0.4, 0.5) is 8.78 Å². The molecule has 1 atom stereocenters. The first-order valence-electron chi connectivity index (χ1n) is 7.64. The SMILES string of the molecule is CCCN(C(=O)Cc1ccccc1OC(F)F)C1CCNC1. The van der Waals surface area contributed by atoms with E-state index in [1.165, 1.54) is 6.07 Å². The van der Waals surface area contributed by atoms with Gasteiger partial charge in [-0.15, -0.1) is 0 Å². The summed E-state index contributed by atoms with van der Waals surface area (Å²) in [5, 5.41) is 3.25. The van der Waals surface area contributed by atoms with Gasteiger partial charge < -0.3 is 15.0 Å². The maximum Gasteiger partial charge on any atom is 0.387 e. The molecule has 1 aromatic carbocycles. The van der Waals surface area contributed by atoms with Crippen molar-refractivity contribution in [3.63, 3.8) is 0 Å². The number of benzene rings is 1. The molecule has 1 saturated heterocycles. The van der Waals surface area contributed by atoms with Gasteiger partial charge in [0.2, 0.25) is 5.91 Å². The summed E-state index contributed by atoms with van der Waals surface area (Å²) in [7, 11) is 0. The number of nitrogens with zero attached hydrogens (tertiary/aromatic N) is 1. The van der Waals surface area contributed by atoms with Crippen molar-refractivity contribution in [3.8, 4) is 5.75 Å². The van der Waals surface area contributed by atoms with Gasteiger partial charge in [0, 0.05) is 24.7 Å². The highest BCUT2D eigenvalue weighted by molar-refractivity contribution is 5.80. The predicted molar refractivity (Wildman–Crippen MR) is 80.1 cm³/mol. The molecule has 1 fully saturated rings. The van der Waals surface area contributed by atoms with Gasteiger partial charge in [0.25, 0.3) is 0 Å². The number of ether oxygens (including phenoxy) is 1. The largest absolute Gasteiger partial charge is 0.435 e. The van der Waals surface area contributed by atoms with Crippen molar-refractivity contribution in [1.29, 1.82) is 0 Å². The van der Waals surface area contributed by atoms with Crippen molar-refractivity contribution in [2.45, 2.75) is 38.8 Å². The Morgan fingerprint density at radius 1 is 1.45 bits per heavy atom. The minimum Gasteiger partial charge on any atom is -0.435 e. The van der Waals surface area contributed by atoms with Crippen molar-refractivity contribution < 1.29 is 18.3 Å². The molecule has 0 aromatic heterocycles. The van der Waals surface area contributed by atoms with Gasteiger partial charge in [-0.05, 0) is 25.5 Å². The number of alkyl halides is 2. The van der Waals surface area contributed by atoms with Crippen LogP contribution in [0.1, 0.15) is 25.3 Å². The van der Waals surface area contributed by atoms with Gasteiger partial charge in [0.05, 0.1) is 6.42 Å². The number of carbonyl (C=O) groups excluding carboxylic acids is 1. The van der Waals surface area contributed by atoms with Crippen LogP contribution in [-0.4, -0.2) is 43.1 Å². The zero-order valence-corrected chi connectivity index (χ0v) is 12.7. The average molecular weight is 312 g/mol. The molecule has 1 aliphatic heterocycles. The van der Waals surface area contributed by atoms with Gasteiger partial charge in [0.1, 0.15) is 5.75 Å². The van der Waals surface area contributed by atoms with Gasteiger partial charge in [-0.3, -0.25) is 4.79 Å². The van der Waals surface area contributed by atoms with Crippen molar-refractivity contribution in [2.75, 3.05) is 19.6 Å². The summed E-state index contributed by atoms with van der Waals surface area (Å²) in [6, 6.07) is 6.66. The fourth-order valence-electron chi connectivity index (χ4n) is 2.78. The standard InChI is InChI=1S/C16H22F2N2O2/c1-2-9-20(13-7-8-19-11-13)15(21)10-12-5-3-4-6-14(12)22-16(17)18/h3-6,13,16,19H,2,7-11H2,1H3. The molecule has 0 bridgehead atoms. The van der Waals surface area contributed by atoms with Gasteiger partial charge in [-0.2, -0.15) is 8.78 Å². The molecular weight excluding hydrogens is 290 g/mol. The maximum atomic E-state index is 12.6. The Bertz CT molecular complexity index is 491. The number of rotatable bonds is 7. The molecule has 1 aromatic rings. The molecule has 0 spiro atoms. The number of hydrogen-bond acceptors (Lipinski definition) is 3. The highest BCUT2D eigenvalue weighted by Gasteiger charge is 2.26. The Morgan fingerprint density at radius 3 is 2.86 bits per heavy atom. The second kappa shape index (κ2) is 8.08. The minimum atomic E-state index is -2.89. The monoisotopic (exact) mass is 312 g/mol. The van der Waals surface area contributed by atoms with Crippen LogP contribution < -0.4 is 10.1 Å². The summed E-state index contributed by atoms with van der Waals surface area (Å²) < 4.78 is 29.4. The lowest BCUT2D eigenvalue weighted by Gasteiger charge is -2.28. The molecule has 0 aliphatic carbocycles. The van der Waals surface area contributed by atoms with Crippen LogP contribution in [-0.2, 0) is 11.2 Å². The molecule has 1 amide bonds. The molecule has 0 radical (unpaired) electrons. The zero-order valence-electron chi connectivity index (χ0n) is 12.7. The van der Waals surface area contributed by atoms with E-state index in [1.54, 1.807) is 18.2 Å². The summed E-state index contributed by atoms with van der Waals surface area (Å²) >= 11 is 0. The van der Waals surface area contributed by atoms with E-state index < -0.39 is 6.61 Å². The van der Waals surface area contributed by atoms with E-state index in [-0.39, 0.29) is 24.1 Å². The molecule has 0 saturated carbocycles. The Hall–Kier alpha value is -1.69. The summed E-state index contributed by atoms with van der Waals surface area (Å²) in [6.45, 7) is 1.52. The second-order valence-electron chi connectivity index (χ2n) is 5.40. The molecule has 1 aliphatic rings. The molecule has 122 valence electrons. The molecule has 22 heavy (non-hydrogen) atoms. The molecular formula is C16H22F2N2O2. The van der Waals surface area contributed by atoms with Gasteiger partial charge in [0.15, 0.2) is 0 Å². The number of halogens is 2. The first kappa shape index (κ1) is 16.7. The van der Waals surface area contributed by atoms with Gasteiger partial charge in [-0.25, -0.2) is 0 Å². The number of nitrogens with one attached hydrogen (secondary N) is 1. The predicted octanol–water partition coefficient (Wildman–Crippen LogP) is 2.43. The zero-order chi connectivity index (χ0) is 15.9. The molecule has 2 rings (SSSR count). The van der Waals surface area contributed by atoms with E-state index in [1.807, 2.05) is 11.8 Å². The molecule has 1 unspecified atom stereocenters. The average Bonchev–Trinajstić information content (AvgIpc) is 3.00. The fourth-order valence-corrected chi connectivity index (χ4v) is 2.78. The van der Waals surface area contributed by atoms with Gasteiger partial charge in [-0.1, -0.05) is 25.1 Å². The van der Waals surface area contributed by atoms with E-state index in [0.717, 1.165) is 25.9 Å². The minimum absolute atomic E-state index is 0.0409. The van der Waals surface area contributed by atoms with Crippen molar-refractivity contribution in [3.05, 3.63) is 29.8 Å². The third-order valence-corrected chi connectivity index (χ3v) is 3.79. The van der Waals surface area contributed by atoms with E-state index in [2.05, 4.69) is 10.1 Å². The first-order valence-corrected chi connectivity index (χ1v) is 7.64. The fraction of sp³-hybridized carbons (Fsp3) is 0.562. The lowest BCUT2D eigenvalue weighted by atomic mass is 10.1. The second-order valence-corrected chi connectivity index (χ2v) is 5.40. The number of para-hydroxylation sites is 1. The smallest absolute Gasteiger partial charge is 0.387 e. The highest BCUT2D eigenvalue weighted by Crippen LogP contribution is 2.22. The third kappa shape index (κ3) is 4.40. The third-order valence-electron chi connectivity index (χ3n) is 3.79. The Kier molecular flexibility index (Phi) is 6.12. The molecule has 6 heteroatoms. The van der Waals surface area contributed by atoms with Crippen LogP contribution in [0.3, 0.4) is 0 Å². The van der Waals surface area contributed by atoms with E-state index in [4.69, 9.17) is 0 Å². The Labute approximate surface area is 129 Å². The quantitative estimate of drug-likeness (QED) is 0.841. The molecule has 1 N–H and O–H groups in total. The highest BCUT2D eigenvalue weighted by atomic mass is 19.3. The van der Waals surface area contributed by atoms with Crippen LogP contribution in [0, 0.1) is 0 Å². The van der Waals surface area contributed by atoms with Crippen LogP contribution in [0.5, 0.6) is 5.75 Å². The van der Waals surface area contributed by atoms with Crippen LogP contribution in [0.25, 0.3) is 0 Å².